The van der Waals surface area contributed by atoms with Crippen molar-refractivity contribution in [2.75, 3.05) is 33.8 Å². The molecule has 1 aliphatic rings. The lowest BCUT2D eigenvalue weighted by Gasteiger charge is -2.42. The molecule has 2 atom stereocenters. The minimum atomic E-state index is -0.285. The number of nitrogens with zero attached hydrogens (tertiary/aromatic N) is 2. The Morgan fingerprint density at radius 1 is 1.23 bits per heavy atom. The van der Waals surface area contributed by atoms with Crippen molar-refractivity contribution in [2.45, 2.75) is 19.1 Å². The molecule has 0 radical (unpaired) electrons. The van der Waals surface area contributed by atoms with Gasteiger partial charge in [-0.1, -0.05) is 30.3 Å². The van der Waals surface area contributed by atoms with Gasteiger partial charge in [-0.05, 0) is 26.6 Å². The van der Waals surface area contributed by atoms with Crippen molar-refractivity contribution < 1.29 is 13.9 Å². The van der Waals surface area contributed by atoms with Crippen LogP contribution in [0.25, 0.3) is 0 Å². The van der Waals surface area contributed by atoms with Crippen LogP contribution in [0.15, 0.2) is 51.7 Å². The third-order valence-electron chi connectivity index (χ3n) is 4.40. The topological polar surface area (TPSA) is 63.0 Å². The maximum Gasteiger partial charge on any atom is 0.290 e. The van der Waals surface area contributed by atoms with E-state index in [-0.39, 0.29) is 29.2 Å². The zero-order chi connectivity index (χ0) is 18.7. The second kappa shape index (κ2) is 7.85. The predicted octanol–water partition coefficient (Wildman–Crippen LogP) is 2.09. The number of hydrogen-bond donors (Lipinski definition) is 0. The molecule has 0 bridgehead atoms. The van der Waals surface area contributed by atoms with E-state index in [9.17, 15) is 9.59 Å². The zero-order valence-corrected chi connectivity index (χ0v) is 15.3. The average Bonchev–Trinajstić information content (AvgIpc) is 2.60. The van der Waals surface area contributed by atoms with Crippen LogP contribution in [0.3, 0.4) is 0 Å². The molecule has 1 aliphatic heterocycles. The van der Waals surface area contributed by atoms with Gasteiger partial charge < -0.3 is 19.0 Å². The zero-order valence-electron chi connectivity index (χ0n) is 15.3. The summed E-state index contributed by atoms with van der Waals surface area (Å²) in [5, 5.41) is 0. The van der Waals surface area contributed by atoms with Crippen LogP contribution in [0.1, 0.15) is 27.9 Å². The summed E-state index contributed by atoms with van der Waals surface area (Å²) in [4.78, 5) is 28.7. The smallest absolute Gasteiger partial charge is 0.290 e. The van der Waals surface area contributed by atoms with Gasteiger partial charge >= 0.3 is 0 Å². The highest BCUT2D eigenvalue weighted by Gasteiger charge is 2.37. The van der Waals surface area contributed by atoms with Crippen LogP contribution in [-0.4, -0.2) is 55.6 Å². The minimum Gasteiger partial charge on any atom is -0.456 e. The molecule has 1 amide bonds. The molecule has 1 fully saturated rings. The summed E-state index contributed by atoms with van der Waals surface area (Å²) in [7, 11) is 3.96. The van der Waals surface area contributed by atoms with Gasteiger partial charge in [0.1, 0.15) is 5.76 Å². The van der Waals surface area contributed by atoms with Crippen molar-refractivity contribution >= 4 is 5.91 Å². The first-order valence-electron chi connectivity index (χ1n) is 8.70. The summed E-state index contributed by atoms with van der Waals surface area (Å²) in [6.07, 6.45) is -0.165. The number of likely N-dealkylation sites (N-methyl/N-ethyl adjacent to an activating group) is 1. The molecule has 1 saturated heterocycles. The number of amides is 1. The van der Waals surface area contributed by atoms with E-state index in [0.717, 1.165) is 5.56 Å². The van der Waals surface area contributed by atoms with Crippen molar-refractivity contribution in [3.63, 3.8) is 0 Å². The first-order chi connectivity index (χ1) is 12.5. The van der Waals surface area contributed by atoms with E-state index in [1.54, 1.807) is 11.8 Å². The van der Waals surface area contributed by atoms with E-state index in [2.05, 4.69) is 0 Å². The molecule has 26 heavy (non-hydrogen) atoms. The number of hydrogen-bond acceptors (Lipinski definition) is 5. The molecular weight excluding hydrogens is 332 g/mol. The lowest BCUT2D eigenvalue weighted by atomic mass is 9.97. The van der Waals surface area contributed by atoms with Crippen LogP contribution < -0.4 is 5.43 Å². The molecular formula is C20H24N2O4. The molecule has 138 valence electrons. The van der Waals surface area contributed by atoms with Gasteiger partial charge in [0.2, 0.25) is 0 Å². The fraction of sp³-hybridized carbons (Fsp3) is 0.400. The van der Waals surface area contributed by atoms with Gasteiger partial charge in [-0.25, -0.2) is 0 Å². The Kier molecular flexibility index (Phi) is 5.54. The van der Waals surface area contributed by atoms with Crippen molar-refractivity contribution in [3.8, 4) is 0 Å². The number of aryl methyl sites for hydroxylation is 1. The lowest BCUT2D eigenvalue weighted by molar-refractivity contribution is -0.0692. The molecule has 0 unspecified atom stereocenters. The van der Waals surface area contributed by atoms with Gasteiger partial charge in [0.25, 0.3) is 5.91 Å². The van der Waals surface area contributed by atoms with E-state index in [0.29, 0.717) is 25.5 Å². The van der Waals surface area contributed by atoms with Gasteiger partial charge in [0.05, 0.1) is 18.8 Å². The molecule has 2 aromatic rings. The van der Waals surface area contributed by atoms with Crippen LogP contribution in [0.5, 0.6) is 0 Å². The molecule has 6 heteroatoms. The monoisotopic (exact) mass is 356 g/mol. The van der Waals surface area contributed by atoms with Gasteiger partial charge in [-0.2, -0.15) is 0 Å². The maximum atomic E-state index is 13.1. The van der Waals surface area contributed by atoms with Crippen LogP contribution in [-0.2, 0) is 4.74 Å². The molecule has 1 aromatic heterocycles. The second-order valence-corrected chi connectivity index (χ2v) is 6.79. The molecule has 6 nitrogen and oxygen atoms in total. The number of rotatable bonds is 4. The third kappa shape index (κ3) is 4.03. The number of morpholine rings is 1. The fourth-order valence-electron chi connectivity index (χ4n) is 3.37. The number of carbonyl (C=O) groups is 1. The van der Waals surface area contributed by atoms with Crippen LogP contribution in [0.2, 0.25) is 0 Å². The van der Waals surface area contributed by atoms with Crippen molar-refractivity contribution in [1.82, 2.24) is 9.80 Å². The van der Waals surface area contributed by atoms with E-state index >= 15 is 0 Å². The van der Waals surface area contributed by atoms with Crippen molar-refractivity contribution in [1.29, 1.82) is 0 Å². The first-order valence-corrected chi connectivity index (χ1v) is 8.70. The Morgan fingerprint density at radius 2 is 1.96 bits per heavy atom. The van der Waals surface area contributed by atoms with E-state index < -0.39 is 0 Å². The summed E-state index contributed by atoms with van der Waals surface area (Å²) in [5.74, 6) is 0.211. The fourth-order valence-corrected chi connectivity index (χ4v) is 3.37. The maximum absolute atomic E-state index is 13.1. The number of carbonyl (C=O) groups excluding carboxylic acids is 1. The van der Waals surface area contributed by atoms with Gasteiger partial charge in [-0.3, -0.25) is 9.59 Å². The summed E-state index contributed by atoms with van der Waals surface area (Å²) < 4.78 is 11.5. The Balaban J connectivity index is 1.99. The molecule has 2 heterocycles. The lowest BCUT2D eigenvalue weighted by Crippen LogP contribution is -2.51. The van der Waals surface area contributed by atoms with Crippen LogP contribution >= 0.6 is 0 Å². The highest BCUT2D eigenvalue weighted by molar-refractivity contribution is 5.91. The summed E-state index contributed by atoms with van der Waals surface area (Å²) in [6.45, 7) is 3.24. The highest BCUT2D eigenvalue weighted by Crippen LogP contribution is 2.31. The first kappa shape index (κ1) is 18.4. The predicted molar refractivity (Wildman–Crippen MR) is 98.2 cm³/mol. The Bertz CT molecular complexity index is 816. The van der Waals surface area contributed by atoms with Crippen molar-refractivity contribution in [3.05, 3.63) is 69.8 Å². The van der Waals surface area contributed by atoms with E-state index in [1.165, 1.54) is 12.1 Å². The van der Waals surface area contributed by atoms with Crippen LogP contribution in [0, 0.1) is 6.92 Å². The second-order valence-electron chi connectivity index (χ2n) is 6.79. The Hall–Kier alpha value is -2.44. The summed E-state index contributed by atoms with van der Waals surface area (Å²) in [6, 6.07) is 12.2. The highest BCUT2D eigenvalue weighted by atomic mass is 16.5. The van der Waals surface area contributed by atoms with Gasteiger partial charge in [-0.15, -0.1) is 0 Å². The SMILES string of the molecule is Cc1cc(=O)cc(C(=O)N2CCO[C@@H](CN(C)C)[C@@H]2c2ccccc2)o1. The summed E-state index contributed by atoms with van der Waals surface area (Å²) >= 11 is 0. The standard InChI is InChI=1S/C20H24N2O4/c1-14-11-16(23)12-17(26-14)20(24)22-9-10-25-18(13-21(2)3)19(22)15-7-5-4-6-8-15/h4-8,11-12,18-19H,9-10,13H2,1-3H3/t18-,19-/m0/s1. The minimum absolute atomic E-state index is 0.0708. The van der Waals surface area contributed by atoms with Crippen LogP contribution in [0.4, 0.5) is 0 Å². The number of ether oxygens (including phenoxy) is 1. The molecule has 0 N–H and O–H groups in total. The number of benzene rings is 1. The van der Waals surface area contributed by atoms with Crippen molar-refractivity contribution in [2.24, 2.45) is 0 Å². The molecule has 3 rings (SSSR count). The molecule has 1 aromatic carbocycles. The summed E-state index contributed by atoms with van der Waals surface area (Å²) in [5.41, 5.74) is 0.772. The Labute approximate surface area is 153 Å². The normalized spacial score (nSPS) is 20.4. The van der Waals surface area contributed by atoms with Gasteiger partial charge in [0, 0.05) is 25.2 Å². The van der Waals surface area contributed by atoms with Gasteiger partial charge in [0.15, 0.2) is 11.2 Å². The molecule has 0 saturated carbocycles. The largest absolute Gasteiger partial charge is 0.456 e. The molecule has 0 spiro atoms. The average molecular weight is 356 g/mol. The Morgan fingerprint density at radius 3 is 2.62 bits per heavy atom. The quantitative estimate of drug-likeness (QED) is 0.839. The van der Waals surface area contributed by atoms with E-state index in [4.69, 9.17) is 9.15 Å². The van der Waals surface area contributed by atoms with E-state index in [1.807, 2.05) is 49.3 Å². The third-order valence-corrected chi connectivity index (χ3v) is 4.40. The molecule has 0 aliphatic carbocycles.